The molecule has 25 heavy (non-hydrogen) atoms. The molecule has 0 bridgehead atoms. The normalized spacial score (nSPS) is 21.2. The number of nitrogens with one attached hydrogen (secondary N) is 2. The zero-order valence-electron chi connectivity index (χ0n) is 13.6. The minimum atomic E-state index is -0.113. The summed E-state index contributed by atoms with van der Waals surface area (Å²) < 4.78 is 0. The number of carbonyl (C=O) groups is 1. The highest BCUT2D eigenvalue weighted by atomic mass is 32.2. The van der Waals surface area contributed by atoms with Gasteiger partial charge in [-0.2, -0.15) is 0 Å². The first-order chi connectivity index (χ1) is 12.3. The van der Waals surface area contributed by atoms with E-state index in [1.807, 2.05) is 42.6 Å². The molecule has 0 spiro atoms. The minimum Gasteiger partial charge on any atom is -0.359 e. The highest BCUT2D eigenvalue weighted by Crippen LogP contribution is 2.31. The van der Waals surface area contributed by atoms with Gasteiger partial charge in [0.2, 0.25) is 0 Å². The number of nitrogens with zero attached hydrogens (tertiary/aromatic N) is 2. The van der Waals surface area contributed by atoms with Crippen molar-refractivity contribution < 1.29 is 4.79 Å². The van der Waals surface area contributed by atoms with Crippen molar-refractivity contribution in [2.75, 3.05) is 5.32 Å². The van der Waals surface area contributed by atoms with E-state index in [0.717, 1.165) is 15.7 Å². The molecule has 2 N–H and O–H groups in total. The molecule has 1 aliphatic carbocycles. The van der Waals surface area contributed by atoms with E-state index < -0.39 is 0 Å². The van der Waals surface area contributed by atoms with Gasteiger partial charge in [0.1, 0.15) is 0 Å². The Labute approximate surface area is 154 Å². The highest BCUT2D eigenvalue weighted by molar-refractivity contribution is 8.18. The van der Waals surface area contributed by atoms with Crippen LogP contribution in [0.4, 0.5) is 10.8 Å². The summed E-state index contributed by atoms with van der Waals surface area (Å²) in [7, 11) is 0. The summed E-state index contributed by atoms with van der Waals surface area (Å²) >= 11 is 2.94. The molecule has 0 atom stereocenters. The van der Waals surface area contributed by atoms with Gasteiger partial charge in [-0.3, -0.25) is 4.79 Å². The Balaban J connectivity index is 1.45. The van der Waals surface area contributed by atoms with Gasteiger partial charge in [0, 0.05) is 12.2 Å². The molecule has 2 heterocycles. The fourth-order valence-corrected chi connectivity index (χ4v) is 4.64. The molecule has 1 aromatic carbocycles. The van der Waals surface area contributed by atoms with Gasteiger partial charge in [-0.15, -0.1) is 0 Å². The number of amidine groups is 1. The lowest BCUT2D eigenvalue weighted by Gasteiger charge is -2.09. The van der Waals surface area contributed by atoms with Crippen molar-refractivity contribution in [3.63, 3.8) is 0 Å². The quantitative estimate of drug-likeness (QED) is 0.784. The summed E-state index contributed by atoms with van der Waals surface area (Å²) in [5.74, 6) is -0.113. The average molecular weight is 371 g/mol. The van der Waals surface area contributed by atoms with E-state index in [1.54, 1.807) is 11.3 Å². The summed E-state index contributed by atoms with van der Waals surface area (Å²) in [4.78, 5) is 22.6. The van der Waals surface area contributed by atoms with E-state index in [4.69, 9.17) is 0 Å². The maximum Gasteiger partial charge on any atom is 0.264 e. The van der Waals surface area contributed by atoms with Crippen LogP contribution in [0.1, 0.15) is 30.6 Å². The number of rotatable bonds is 4. The van der Waals surface area contributed by atoms with E-state index in [0.29, 0.717) is 16.1 Å². The number of thioether (sulfide) groups is 1. The molecule has 0 radical (unpaired) electrons. The number of benzene rings is 1. The Hall–Kier alpha value is -2.12. The molecule has 128 valence electrons. The number of hydrogen-bond acceptors (Lipinski definition) is 6. The van der Waals surface area contributed by atoms with Crippen LogP contribution in [0.2, 0.25) is 0 Å². The predicted molar refractivity (Wildman–Crippen MR) is 105 cm³/mol. The largest absolute Gasteiger partial charge is 0.359 e. The van der Waals surface area contributed by atoms with Crippen LogP contribution in [0.15, 0.2) is 46.4 Å². The van der Waals surface area contributed by atoms with Crippen LogP contribution >= 0.6 is 23.1 Å². The van der Waals surface area contributed by atoms with Gasteiger partial charge in [0.25, 0.3) is 5.91 Å². The minimum absolute atomic E-state index is 0.113. The fraction of sp³-hybridized carbons (Fsp3) is 0.278. The van der Waals surface area contributed by atoms with Gasteiger partial charge >= 0.3 is 0 Å². The predicted octanol–water partition coefficient (Wildman–Crippen LogP) is 4.39. The standard InChI is InChI=1S/C18H18N4OS2/c23-16-15(25-18(22-16)21-13-6-2-1-3-7-13)10-14-11-19-17(24-14)20-12-8-4-5-9-12/h1-3,6-7,10-12H,4-5,8-9H2,(H,19,20)(H,21,22,23). The second-order valence-electron chi connectivity index (χ2n) is 6.01. The molecule has 1 amide bonds. The zero-order valence-corrected chi connectivity index (χ0v) is 15.2. The van der Waals surface area contributed by atoms with Gasteiger partial charge in [-0.25, -0.2) is 9.98 Å². The molecule has 2 aliphatic rings. The molecular formula is C18H18N4OS2. The summed E-state index contributed by atoms with van der Waals surface area (Å²) in [6, 6.07) is 10.1. The van der Waals surface area contributed by atoms with Crippen LogP contribution in [0.25, 0.3) is 6.08 Å². The second-order valence-corrected chi connectivity index (χ2v) is 8.10. The Morgan fingerprint density at radius 3 is 2.84 bits per heavy atom. The van der Waals surface area contributed by atoms with Crippen LogP contribution in [0, 0.1) is 0 Å². The summed E-state index contributed by atoms with van der Waals surface area (Å²) in [6.07, 6.45) is 8.71. The monoisotopic (exact) mass is 370 g/mol. The van der Waals surface area contributed by atoms with Crippen molar-refractivity contribution in [1.29, 1.82) is 0 Å². The third-order valence-electron chi connectivity index (χ3n) is 4.12. The number of carbonyl (C=O) groups excluding carboxylic acids is 1. The lowest BCUT2D eigenvalue weighted by molar-refractivity contribution is -0.115. The number of aliphatic imine (C=N–C) groups is 1. The van der Waals surface area contributed by atoms with E-state index >= 15 is 0 Å². The molecule has 2 aromatic rings. The molecule has 7 heteroatoms. The van der Waals surface area contributed by atoms with E-state index in [2.05, 4.69) is 20.6 Å². The average Bonchev–Trinajstić information content (AvgIpc) is 3.33. The highest BCUT2D eigenvalue weighted by Gasteiger charge is 2.24. The summed E-state index contributed by atoms with van der Waals surface area (Å²) in [5.41, 5.74) is 0.826. The Morgan fingerprint density at radius 2 is 2.04 bits per heavy atom. The van der Waals surface area contributed by atoms with E-state index in [9.17, 15) is 4.79 Å². The van der Waals surface area contributed by atoms with Crippen LogP contribution in [0.5, 0.6) is 0 Å². The molecule has 1 saturated carbocycles. The fourth-order valence-electron chi connectivity index (χ4n) is 2.89. The molecule has 0 unspecified atom stereocenters. The van der Waals surface area contributed by atoms with Crippen molar-refractivity contribution in [2.45, 2.75) is 31.7 Å². The molecule has 4 rings (SSSR count). The summed E-state index contributed by atoms with van der Waals surface area (Å²) in [6.45, 7) is 0. The number of anilines is 1. The molecule has 5 nitrogen and oxygen atoms in total. The number of aromatic nitrogens is 1. The van der Waals surface area contributed by atoms with Crippen molar-refractivity contribution >= 4 is 51.1 Å². The molecule has 1 aromatic heterocycles. The Kier molecular flexibility index (Phi) is 4.85. The smallest absolute Gasteiger partial charge is 0.264 e. The zero-order chi connectivity index (χ0) is 17.1. The molecular weight excluding hydrogens is 352 g/mol. The third kappa shape index (κ3) is 4.11. The lowest BCUT2D eigenvalue weighted by Crippen LogP contribution is -2.19. The Morgan fingerprint density at radius 1 is 1.24 bits per heavy atom. The molecule has 2 fully saturated rings. The van der Waals surface area contributed by atoms with Gasteiger partial charge in [0.15, 0.2) is 10.3 Å². The topological polar surface area (TPSA) is 66.4 Å². The number of hydrogen-bond donors (Lipinski definition) is 2. The van der Waals surface area contributed by atoms with Gasteiger partial charge in [0.05, 0.1) is 15.5 Å². The van der Waals surface area contributed by atoms with Crippen LogP contribution in [0.3, 0.4) is 0 Å². The third-order valence-corrected chi connectivity index (χ3v) is 5.90. The second kappa shape index (κ2) is 7.41. The van der Waals surface area contributed by atoms with E-state index in [-0.39, 0.29) is 5.91 Å². The maximum absolute atomic E-state index is 12.2. The lowest BCUT2D eigenvalue weighted by atomic mass is 10.3. The number of amides is 1. The SMILES string of the molecule is O=C1NC(=Nc2ccccc2)SC1=Cc1cnc(NC2CCCC2)s1. The summed E-state index contributed by atoms with van der Waals surface area (Å²) in [5, 5.41) is 7.84. The maximum atomic E-state index is 12.2. The first-order valence-electron chi connectivity index (χ1n) is 8.33. The van der Waals surface area contributed by atoms with Gasteiger partial charge < -0.3 is 10.6 Å². The van der Waals surface area contributed by atoms with Crippen LogP contribution in [-0.4, -0.2) is 22.1 Å². The van der Waals surface area contributed by atoms with E-state index in [1.165, 1.54) is 37.4 Å². The van der Waals surface area contributed by atoms with Crippen molar-refractivity contribution in [3.8, 4) is 0 Å². The first kappa shape index (κ1) is 16.4. The van der Waals surface area contributed by atoms with Crippen molar-refractivity contribution in [3.05, 3.63) is 46.3 Å². The van der Waals surface area contributed by atoms with Crippen LogP contribution < -0.4 is 10.6 Å². The molecule has 1 saturated heterocycles. The van der Waals surface area contributed by atoms with Crippen LogP contribution in [-0.2, 0) is 4.79 Å². The number of thiazole rings is 1. The number of para-hydroxylation sites is 1. The van der Waals surface area contributed by atoms with Gasteiger partial charge in [-0.05, 0) is 42.8 Å². The van der Waals surface area contributed by atoms with Gasteiger partial charge in [-0.1, -0.05) is 42.4 Å². The first-order valence-corrected chi connectivity index (χ1v) is 9.96. The Bertz CT molecular complexity index is 823. The molecule has 1 aliphatic heterocycles. The van der Waals surface area contributed by atoms with Crippen molar-refractivity contribution in [1.82, 2.24) is 10.3 Å². The van der Waals surface area contributed by atoms with Crippen molar-refractivity contribution in [2.24, 2.45) is 4.99 Å².